The van der Waals surface area contributed by atoms with Crippen LogP contribution in [0.2, 0.25) is 0 Å². The number of morpholine rings is 1. The number of rotatable bonds is 4. The number of benzene rings is 1. The summed E-state index contributed by atoms with van der Waals surface area (Å²) in [5.41, 5.74) is 0.965. The normalized spacial score (nSPS) is 25.0. The minimum absolute atomic E-state index is 0.152. The molecule has 0 aliphatic carbocycles. The molecule has 0 saturated carbocycles. The summed E-state index contributed by atoms with van der Waals surface area (Å²) >= 11 is 0. The molecule has 0 amide bonds. The number of carboxylic acid groups (broad SMARTS) is 2. The highest BCUT2D eigenvalue weighted by atomic mass is 16.7. The fourth-order valence-corrected chi connectivity index (χ4v) is 2.49. The third-order valence-corrected chi connectivity index (χ3v) is 3.46. The lowest BCUT2D eigenvalue weighted by Crippen LogP contribution is -2.46. The van der Waals surface area contributed by atoms with Crippen LogP contribution in [0.1, 0.15) is 5.56 Å². The molecule has 0 spiro atoms. The average Bonchev–Trinajstić information content (AvgIpc) is 2.88. The number of hydrogen-bond acceptors (Lipinski definition) is 8. The molecule has 0 aromatic heterocycles. The van der Waals surface area contributed by atoms with E-state index in [0.717, 1.165) is 17.9 Å². The Hall–Kier alpha value is -2.42. The maximum Gasteiger partial charge on any atom is 0.211 e. The predicted molar refractivity (Wildman–Crippen MR) is 77.5 cm³/mol. The van der Waals surface area contributed by atoms with Gasteiger partial charge in [-0.1, -0.05) is 12.1 Å². The van der Waals surface area contributed by atoms with E-state index in [9.17, 15) is 19.8 Å². The Kier molecular flexibility index (Phi) is 5.91. The fraction of sp³-hybridized carbons (Fsp3) is 0.375. The monoisotopic (exact) mass is 335 g/mol. The van der Waals surface area contributed by atoms with Crippen molar-refractivity contribution in [3.8, 4) is 5.75 Å². The third-order valence-electron chi connectivity index (χ3n) is 3.46. The lowest BCUT2D eigenvalue weighted by Gasteiger charge is -2.33. The van der Waals surface area contributed by atoms with E-state index in [2.05, 4.69) is 5.32 Å². The largest absolute Gasteiger partial charge is 0.545 e. The van der Waals surface area contributed by atoms with Crippen LogP contribution in [0.15, 0.2) is 36.4 Å². The van der Waals surface area contributed by atoms with Gasteiger partial charge >= 0.3 is 0 Å². The lowest BCUT2D eigenvalue weighted by molar-refractivity contribution is -0.301. The molecule has 2 aliphatic rings. The summed E-state index contributed by atoms with van der Waals surface area (Å²) in [5, 5.41) is 22.2. The second-order valence-corrected chi connectivity index (χ2v) is 5.11. The number of hydrogen-bond donors (Lipinski definition) is 1. The second-order valence-electron chi connectivity index (χ2n) is 5.11. The topological polar surface area (TPSA) is 120 Å². The van der Waals surface area contributed by atoms with E-state index < -0.39 is 17.7 Å². The summed E-state index contributed by atoms with van der Waals surface area (Å²) in [7, 11) is 1.66. The molecule has 8 nitrogen and oxygen atoms in total. The first kappa shape index (κ1) is 17.9. The van der Waals surface area contributed by atoms with Gasteiger partial charge in [-0.05, 0) is 24.3 Å². The molecule has 3 rings (SSSR count). The van der Waals surface area contributed by atoms with Crippen LogP contribution in [-0.2, 0) is 24.8 Å². The molecule has 130 valence electrons. The van der Waals surface area contributed by atoms with Gasteiger partial charge in [-0.3, -0.25) is 0 Å². The van der Waals surface area contributed by atoms with E-state index in [1.54, 1.807) is 7.11 Å². The minimum Gasteiger partial charge on any atom is -0.545 e. The zero-order valence-electron chi connectivity index (χ0n) is 13.0. The summed E-state index contributed by atoms with van der Waals surface area (Å²) in [6.45, 7) is 2.17. The Morgan fingerprint density at radius 1 is 1.29 bits per heavy atom. The van der Waals surface area contributed by atoms with Gasteiger partial charge < -0.3 is 39.3 Å². The Morgan fingerprint density at radius 2 is 1.96 bits per heavy atom. The quantitative estimate of drug-likeness (QED) is 0.622. The van der Waals surface area contributed by atoms with Gasteiger partial charge in [-0.25, -0.2) is 0 Å². The average molecular weight is 335 g/mol. The van der Waals surface area contributed by atoms with E-state index >= 15 is 0 Å². The number of para-hydroxylation sites is 1. The molecule has 2 aliphatic heterocycles. The van der Waals surface area contributed by atoms with Crippen LogP contribution in [0, 0.1) is 0 Å². The van der Waals surface area contributed by atoms with Gasteiger partial charge in [0.2, 0.25) is 5.79 Å². The van der Waals surface area contributed by atoms with Gasteiger partial charge in [-0.15, -0.1) is 0 Å². The number of aliphatic carboxylic acids is 2. The molecule has 8 heteroatoms. The summed E-state index contributed by atoms with van der Waals surface area (Å²) < 4.78 is 17.1. The van der Waals surface area contributed by atoms with Crippen LogP contribution in [0.3, 0.4) is 0 Å². The van der Waals surface area contributed by atoms with E-state index in [4.69, 9.17) is 14.2 Å². The Balaban J connectivity index is 0.000000224. The third kappa shape index (κ3) is 4.31. The standard InChI is InChI=1S/C12H15NO3.C4H4O4/c1-14-11-5-3-2-4-10(11)12-8-13-6-9(16-12)7-15-12;5-3(6)1-2-4(7)8/h2-5,9,13H,6-8H2,1H3;1-2H,(H,5,6)(H,7,8)/p-2/b;2-1-. The van der Waals surface area contributed by atoms with Gasteiger partial charge in [0.15, 0.2) is 0 Å². The number of carbonyl (C=O) groups excluding carboxylic acids is 2. The number of nitrogens with one attached hydrogen (secondary N) is 1. The summed E-state index contributed by atoms with van der Waals surface area (Å²) in [6, 6.07) is 7.84. The second kappa shape index (κ2) is 7.91. The van der Waals surface area contributed by atoms with Crippen molar-refractivity contribution >= 4 is 11.9 Å². The van der Waals surface area contributed by atoms with Crippen molar-refractivity contribution in [2.24, 2.45) is 0 Å². The highest BCUT2D eigenvalue weighted by molar-refractivity contribution is 5.87. The first-order valence-corrected chi connectivity index (χ1v) is 7.23. The van der Waals surface area contributed by atoms with Gasteiger partial charge in [0, 0.05) is 6.54 Å². The zero-order valence-corrected chi connectivity index (χ0v) is 13.0. The number of ether oxygens (including phenoxy) is 3. The van der Waals surface area contributed by atoms with Crippen molar-refractivity contribution in [3.63, 3.8) is 0 Å². The molecule has 2 saturated heterocycles. The molecular weight excluding hydrogens is 318 g/mol. The lowest BCUT2D eigenvalue weighted by atomic mass is 10.0. The van der Waals surface area contributed by atoms with Crippen LogP contribution in [0.4, 0.5) is 0 Å². The molecule has 2 fully saturated rings. The maximum atomic E-state index is 9.41. The van der Waals surface area contributed by atoms with Crippen molar-refractivity contribution in [2.75, 3.05) is 26.8 Å². The van der Waals surface area contributed by atoms with E-state index in [-0.39, 0.29) is 6.10 Å². The van der Waals surface area contributed by atoms with Gasteiger partial charge in [0.1, 0.15) is 5.75 Å². The molecule has 1 aromatic rings. The number of methoxy groups -OCH3 is 1. The van der Waals surface area contributed by atoms with Crippen LogP contribution < -0.4 is 20.3 Å². The van der Waals surface area contributed by atoms with Crippen LogP contribution in [0.25, 0.3) is 0 Å². The van der Waals surface area contributed by atoms with Crippen LogP contribution in [0.5, 0.6) is 5.75 Å². The summed E-state index contributed by atoms with van der Waals surface area (Å²) in [6.07, 6.45) is 0.920. The first-order valence-electron chi connectivity index (χ1n) is 7.23. The van der Waals surface area contributed by atoms with Crippen LogP contribution >= 0.6 is 0 Å². The van der Waals surface area contributed by atoms with Crippen LogP contribution in [-0.4, -0.2) is 44.8 Å². The molecule has 2 atom stereocenters. The molecule has 0 radical (unpaired) electrons. The molecule has 2 unspecified atom stereocenters. The smallest absolute Gasteiger partial charge is 0.211 e. The predicted octanol–water partition coefficient (Wildman–Crippen LogP) is -2.09. The SMILES string of the molecule is COc1ccccc1C12CNCC(CO1)O2.O=C([O-])/C=C\C(=O)[O-]. The molecule has 24 heavy (non-hydrogen) atoms. The van der Waals surface area contributed by atoms with Crippen molar-refractivity contribution < 1.29 is 34.0 Å². The highest BCUT2D eigenvalue weighted by Gasteiger charge is 2.47. The van der Waals surface area contributed by atoms with Gasteiger partial charge in [0.25, 0.3) is 0 Å². The highest BCUT2D eigenvalue weighted by Crippen LogP contribution is 2.40. The van der Waals surface area contributed by atoms with Crippen molar-refractivity contribution in [1.82, 2.24) is 5.32 Å². The van der Waals surface area contributed by atoms with Crippen molar-refractivity contribution in [3.05, 3.63) is 42.0 Å². The molecule has 1 N–H and O–H groups in total. The number of fused-ring (bicyclic) bond motifs is 2. The van der Waals surface area contributed by atoms with E-state index in [0.29, 0.717) is 25.3 Å². The number of carboxylic acids is 2. The number of carbonyl (C=O) groups is 2. The van der Waals surface area contributed by atoms with Crippen molar-refractivity contribution in [2.45, 2.75) is 11.9 Å². The molecule has 2 bridgehead atoms. The fourth-order valence-electron chi connectivity index (χ4n) is 2.49. The Bertz CT molecular complexity index is 611. The summed E-state index contributed by atoms with van der Waals surface area (Å²) in [4.78, 5) is 18.8. The molecule has 2 heterocycles. The van der Waals surface area contributed by atoms with Crippen molar-refractivity contribution in [1.29, 1.82) is 0 Å². The summed E-state index contributed by atoms with van der Waals surface area (Å²) in [5.74, 6) is -2.94. The van der Waals surface area contributed by atoms with Gasteiger partial charge in [0.05, 0.1) is 43.9 Å². The first-order chi connectivity index (χ1) is 11.5. The zero-order chi connectivity index (χ0) is 17.6. The Labute approximate surface area is 138 Å². The van der Waals surface area contributed by atoms with E-state index in [1.807, 2.05) is 24.3 Å². The molecular formula is C16H17NO7-2. The van der Waals surface area contributed by atoms with Gasteiger partial charge in [-0.2, -0.15) is 0 Å². The minimum atomic E-state index is -1.55. The van der Waals surface area contributed by atoms with E-state index in [1.165, 1.54) is 0 Å². The maximum absolute atomic E-state index is 9.41. The molecule has 1 aromatic carbocycles. The Morgan fingerprint density at radius 3 is 2.58 bits per heavy atom.